The average molecular weight is 649 g/mol. The molecule has 0 fully saturated rings. The molecule has 0 bridgehead atoms. The van der Waals surface area contributed by atoms with Crippen LogP contribution in [0.3, 0.4) is 0 Å². The van der Waals surface area contributed by atoms with Gasteiger partial charge in [0.05, 0.1) is 13.2 Å². The van der Waals surface area contributed by atoms with Crippen molar-refractivity contribution in [1.82, 2.24) is 16.0 Å². The summed E-state index contributed by atoms with van der Waals surface area (Å²) in [7, 11) is -2.58. The summed E-state index contributed by atoms with van der Waals surface area (Å²) in [5.74, 6) is -4.81. The highest BCUT2D eigenvalue weighted by atomic mass is 19.1. The first kappa shape index (κ1) is 37.8. The van der Waals surface area contributed by atoms with E-state index in [4.69, 9.17) is 19.5 Å². The summed E-state index contributed by atoms with van der Waals surface area (Å²) in [6, 6.07) is 2.59. The Bertz CT molecular complexity index is 1360. The zero-order valence-electron chi connectivity index (χ0n) is 25.5. The Hall–Kier alpha value is -4.38. The van der Waals surface area contributed by atoms with Crippen molar-refractivity contribution in [2.24, 2.45) is 0 Å². The van der Waals surface area contributed by atoms with Crippen molar-refractivity contribution in [2.45, 2.75) is 71.9 Å². The molecule has 14 nitrogen and oxygen atoms in total. The molecular weight excluding hydrogens is 614 g/mol. The summed E-state index contributed by atoms with van der Waals surface area (Å²) < 4.78 is 38.4. The number of nitrogens with one attached hydrogen (secondary N) is 3. The zero-order valence-corrected chi connectivity index (χ0v) is 25.5. The highest BCUT2D eigenvalue weighted by molar-refractivity contribution is 6.62. The number of rotatable bonds is 11. The second kappa shape index (κ2) is 17.4. The molecule has 0 radical (unpaired) electrons. The average Bonchev–Trinajstić information content (AvgIpc) is 3.58. The first-order valence-electron chi connectivity index (χ1n) is 14.2. The second-order valence-electron chi connectivity index (χ2n) is 10.0. The van der Waals surface area contributed by atoms with Crippen LogP contribution in [0.15, 0.2) is 24.3 Å². The third-order valence-corrected chi connectivity index (χ3v) is 6.97. The summed E-state index contributed by atoms with van der Waals surface area (Å²) in [6.45, 7) is 7.14. The van der Waals surface area contributed by atoms with E-state index in [1.54, 1.807) is 13.8 Å². The van der Waals surface area contributed by atoms with Gasteiger partial charge in [-0.1, -0.05) is 13.8 Å². The van der Waals surface area contributed by atoms with E-state index < -0.39 is 67.7 Å². The van der Waals surface area contributed by atoms with Gasteiger partial charge in [-0.3, -0.25) is 19.2 Å². The normalized spacial score (nSPS) is 14.6. The Labute approximate surface area is 263 Å². The standard InChI is InChI=1S/C20H20B2F2N2O6.C6H9NO5.C2H6/c1-9(25-19(27)11-3-15-13(17(23)5-11)7-31-21(15)29)10(2)26-20(28)12-4-16-14(18(24)6-12)8-32-22(16)30;8-3-7-4(6(11)12)1-2-5(9)10;1-2/h3-6,9-10,29-30H,7-8H2,1-2H3,(H,25,27)(H,26,28);3-4H,1-2H2,(H,7,8)(H,9,10)(H,11,12);1-2H3. The van der Waals surface area contributed by atoms with Crippen molar-refractivity contribution in [1.29, 1.82) is 0 Å². The Kier molecular flexibility index (Phi) is 14.3. The Balaban J connectivity index is 0.000000446. The van der Waals surface area contributed by atoms with Crippen molar-refractivity contribution >= 4 is 55.3 Å². The predicted octanol–water partition coefficient (Wildman–Crippen LogP) is -0.586. The van der Waals surface area contributed by atoms with Gasteiger partial charge in [-0.05, 0) is 55.5 Å². The SMILES string of the molecule is CC.CC(NC(=O)c1cc(F)c2c(c1)B(O)OC2)C(C)NC(=O)c1cc(F)c2c(c1)B(O)OC2.O=CNC(CCC(=O)O)C(=O)O. The van der Waals surface area contributed by atoms with E-state index in [0.29, 0.717) is 0 Å². The molecule has 2 heterocycles. The van der Waals surface area contributed by atoms with E-state index in [9.17, 15) is 42.8 Å². The molecule has 0 spiro atoms. The summed E-state index contributed by atoms with van der Waals surface area (Å²) in [5.41, 5.74) is 0.833. The number of amides is 3. The number of carboxylic acid groups (broad SMARTS) is 2. The van der Waals surface area contributed by atoms with Gasteiger partial charge in [0.2, 0.25) is 6.41 Å². The summed E-state index contributed by atoms with van der Waals surface area (Å²) in [6.07, 6.45) is -0.151. The third-order valence-electron chi connectivity index (χ3n) is 6.97. The third kappa shape index (κ3) is 9.81. The molecule has 2 aliphatic rings. The highest BCUT2D eigenvalue weighted by Crippen LogP contribution is 2.18. The largest absolute Gasteiger partial charge is 0.491 e. The van der Waals surface area contributed by atoms with Gasteiger partial charge in [-0.2, -0.15) is 0 Å². The van der Waals surface area contributed by atoms with Crippen molar-refractivity contribution < 1.29 is 62.3 Å². The van der Waals surface area contributed by atoms with Crippen LogP contribution in [0.4, 0.5) is 8.78 Å². The Morgan fingerprint density at radius 1 is 0.848 bits per heavy atom. The van der Waals surface area contributed by atoms with Gasteiger partial charge in [-0.25, -0.2) is 13.6 Å². The molecule has 0 saturated heterocycles. The molecule has 248 valence electrons. The van der Waals surface area contributed by atoms with Crippen LogP contribution in [-0.4, -0.2) is 82.8 Å². The van der Waals surface area contributed by atoms with Crippen LogP contribution in [0.1, 0.15) is 72.4 Å². The van der Waals surface area contributed by atoms with Gasteiger partial charge in [-0.15, -0.1) is 0 Å². The van der Waals surface area contributed by atoms with Gasteiger partial charge < -0.3 is 45.5 Å². The monoisotopic (exact) mass is 649 g/mol. The molecule has 18 heteroatoms. The number of carboxylic acids is 2. The first-order chi connectivity index (χ1) is 21.7. The molecule has 7 N–H and O–H groups in total. The van der Waals surface area contributed by atoms with Gasteiger partial charge in [0.25, 0.3) is 11.8 Å². The fraction of sp³-hybridized carbons (Fsp3) is 0.393. The summed E-state index contributed by atoms with van der Waals surface area (Å²) in [4.78, 5) is 55.3. The molecule has 3 amide bonds. The lowest BCUT2D eigenvalue weighted by Gasteiger charge is -2.23. The van der Waals surface area contributed by atoms with Crippen molar-refractivity contribution in [3.63, 3.8) is 0 Å². The molecule has 4 rings (SSSR count). The van der Waals surface area contributed by atoms with Gasteiger partial charge >= 0.3 is 26.2 Å². The van der Waals surface area contributed by atoms with Gasteiger partial charge in [0, 0.05) is 40.8 Å². The first-order valence-corrected chi connectivity index (χ1v) is 14.2. The minimum atomic E-state index is -1.29. The van der Waals surface area contributed by atoms with Crippen LogP contribution in [0.25, 0.3) is 0 Å². The van der Waals surface area contributed by atoms with Crippen molar-refractivity contribution in [3.8, 4) is 0 Å². The molecule has 3 unspecified atom stereocenters. The van der Waals surface area contributed by atoms with Crippen LogP contribution >= 0.6 is 0 Å². The lowest BCUT2D eigenvalue weighted by Crippen LogP contribution is -2.49. The van der Waals surface area contributed by atoms with Crippen molar-refractivity contribution in [2.75, 3.05) is 0 Å². The van der Waals surface area contributed by atoms with Crippen LogP contribution < -0.4 is 26.9 Å². The lowest BCUT2D eigenvalue weighted by atomic mass is 9.78. The Morgan fingerprint density at radius 2 is 1.26 bits per heavy atom. The highest BCUT2D eigenvalue weighted by Gasteiger charge is 2.33. The number of hydrogen-bond donors (Lipinski definition) is 7. The van der Waals surface area contributed by atoms with Gasteiger partial charge in [0.15, 0.2) is 0 Å². The van der Waals surface area contributed by atoms with Crippen LogP contribution in [0.2, 0.25) is 0 Å². The molecule has 2 aliphatic heterocycles. The molecule has 3 atom stereocenters. The number of carbonyl (C=O) groups is 5. The number of halogens is 2. The second-order valence-corrected chi connectivity index (χ2v) is 10.0. The number of hydrogen-bond acceptors (Lipinski definition) is 9. The number of carbonyl (C=O) groups excluding carboxylic acids is 3. The number of aliphatic carboxylic acids is 2. The van der Waals surface area contributed by atoms with Gasteiger partial charge in [0.1, 0.15) is 17.7 Å². The number of benzene rings is 2. The maximum Gasteiger partial charge on any atom is 0.491 e. The zero-order chi connectivity index (χ0) is 34.7. The van der Waals surface area contributed by atoms with Crippen LogP contribution in [0, 0.1) is 11.6 Å². The smallest absolute Gasteiger partial charge is 0.481 e. The minimum absolute atomic E-state index is 0.00542. The van der Waals surface area contributed by atoms with E-state index in [0.717, 1.165) is 12.1 Å². The maximum absolute atomic E-state index is 14.2. The Morgan fingerprint density at radius 3 is 1.61 bits per heavy atom. The van der Waals surface area contributed by atoms with Crippen LogP contribution in [-0.2, 0) is 36.9 Å². The summed E-state index contributed by atoms with van der Waals surface area (Å²) in [5, 5.41) is 43.5. The summed E-state index contributed by atoms with van der Waals surface area (Å²) >= 11 is 0. The number of fused-ring (bicyclic) bond motifs is 2. The molecular formula is C28H35B2F2N3O11. The molecule has 0 saturated carbocycles. The van der Waals surface area contributed by atoms with E-state index in [2.05, 4.69) is 10.6 Å². The van der Waals surface area contributed by atoms with E-state index in [-0.39, 0.29) is 65.6 Å². The minimum Gasteiger partial charge on any atom is -0.481 e. The maximum atomic E-state index is 14.2. The van der Waals surface area contributed by atoms with Crippen LogP contribution in [0.5, 0.6) is 0 Å². The molecule has 2 aromatic carbocycles. The molecule has 0 aromatic heterocycles. The van der Waals surface area contributed by atoms with E-state index in [1.807, 2.05) is 19.2 Å². The van der Waals surface area contributed by atoms with E-state index >= 15 is 0 Å². The fourth-order valence-electron chi connectivity index (χ4n) is 4.29. The fourth-order valence-corrected chi connectivity index (χ4v) is 4.29. The topological polar surface area (TPSA) is 221 Å². The molecule has 2 aromatic rings. The molecule has 0 aliphatic carbocycles. The predicted molar refractivity (Wildman–Crippen MR) is 160 cm³/mol. The lowest BCUT2D eigenvalue weighted by molar-refractivity contribution is -0.141. The van der Waals surface area contributed by atoms with E-state index in [1.165, 1.54) is 12.1 Å². The molecule has 46 heavy (non-hydrogen) atoms. The quantitative estimate of drug-likeness (QED) is 0.121. The van der Waals surface area contributed by atoms with Crippen molar-refractivity contribution in [3.05, 3.63) is 58.2 Å².